The van der Waals surface area contributed by atoms with Gasteiger partial charge in [0.05, 0.1) is 22.4 Å². The van der Waals surface area contributed by atoms with Crippen molar-refractivity contribution in [3.05, 3.63) is 193 Å². The fourth-order valence-electron chi connectivity index (χ4n) is 7.79. The summed E-state index contributed by atoms with van der Waals surface area (Å²) in [4.78, 5) is 2.43. The van der Waals surface area contributed by atoms with Crippen molar-refractivity contribution in [2.24, 2.45) is 0 Å². The summed E-state index contributed by atoms with van der Waals surface area (Å²) < 4.78 is 2.48. The molecule has 0 bridgehead atoms. The summed E-state index contributed by atoms with van der Waals surface area (Å²) >= 11 is 0. The van der Waals surface area contributed by atoms with Gasteiger partial charge in [-0.05, 0) is 84.0 Å². The van der Waals surface area contributed by atoms with E-state index in [2.05, 4.69) is 205 Å². The first-order valence-corrected chi connectivity index (χ1v) is 17.3. The summed E-state index contributed by atoms with van der Waals surface area (Å²) in [6.07, 6.45) is 0. The van der Waals surface area contributed by atoms with Gasteiger partial charge in [-0.25, -0.2) is 0 Å². The molecule has 0 aliphatic rings. The summed E-state index contributed by atoms with van der Waals surface area (Å²) in [6.45, 7) is 4.47. The molecule has 2 nitrogen and oxygen atoms in total. The average molecular weight is 641 g/mol. The highest BCUT2D eigenvalue weighted by molar-refractivity contribution is 6.25. The van der Waals surface area contributed by atoms with Crippen molar-refractivity contribution in [3.8, 4) is 27.9 Å². The number of anilines is 3. The van der Waals surface area contributed by atoms with Crippen LogP contribution in [0.1, 0.15) is 11.1 Å². The quantitative estimate of drug-likeness (QED) is 0.176. The van der Waals surface area contributed by atoms with E-state index in [1.54, 1.807) is 0 Å². The molecule has 0 atom stereocenters. The molecule has 0 spiro atoms. The maximum absolute atomic E-state index is 2.48. The van der Waals surface area contributed by atoms with E-state index in [0.717, 1.165) is 22.7 Å². The molecule has 0 saturated heterocycles. The zero-order chi connectivity index (χ0) is 33.6. The van der Waals surface area contributed by atoms with E-state index in [9.17, 15) is 0 Å². The second-order valence-corrected chi connectivity index (χ2v) is 13.1. The first-order valence-electron chi connectivity index (χ1n) is 17.3. The predicted octanol–water partition coefficient (Wildman–Crippen LogP) is 13.4. The maximum Gasteiger partial charge on any atom is 0.0568 e. The third-order valence-corrected chi connectivity index (χ3v) is 9.91. The summed E-state index contributed by atoms with van der Waals surface area (Å²) in [5, 5.41) is 5.06. The summed E-state index contributed by atoms with van der Waals surface area (Å²) in [6, 6.07) is 65.9. The normalized spacial score (nSPS) is 11.4. The van der Waals surface area contributed by atoms with Crippen LogP contribution >= 0.6 is 0 Å². The number of para-hydroxylation sites is 3. The average Bonchev–Trinajstić information content (AvgIpc) is 3.50. The van der Waals surface area contributed by atoms with Crippen molar-refractivity contribution in [2.45, 2.75) is 13.8 Å². The highest BCUT2D eigenvalue weighted by Gasteiger charge is 2.24. The molecule has 9 aromatic rings. The SMILES string of the molecule is Cc1cc(C)c2c(N(c3ccccc3)c3ccc(-c4ccccc4)cc3)cc3c(c2c1)c1ccccc1n3-c1ccccc1-c1ccccc1. The van der Waals surface area contributed by atoms with Gasteiger partial charge in [0.1, 0.15) is 0 Å². The van der Waals surface area contributed by atoms with Crippen LogP contribution in [0.25, 0.3) is 60.5 Å². The van der Waals surface area contributed by atoms with Crippen LogP contribution in [0.4, 0.5) is 17.1 Å². The van der Waals surface area contributed by atoms with Crippen LogP contribution in [-0.4, -0.2) is 4.57 Å². The molecule has 0 aliphatic heterocycles. The Balaban J connectivity index is 1.39. The number of hydrogen-bond donors (Lipinski definition) is 0. The monoisotopic (exact) mass is 640 g/mol. The van der Waals surface area contributed by atoms with Crippen molar-refractivity contribution >= 4 is 49.6 Å². The van der Waals surface area contributed by atoms with E-state index in [1.165, 1.54) is 66.0 Å². The zero-order valence-corrected chi connectivity index (χ0v) is 28.2. The van der Waals surface area contributed by atoms with Crippen molar-refractivity contribution in [1.29, 1.82) is 0 Å². The van der Waals surface area contributed by atoms with Gasteiger partial charge >= 0.3 is 0 Å². The van der Waals surface area contributed by atoms with Gasteiger partial charge in [-0.2, -0.15) is 0 Å². The zero-order valence-electron chi connectivity index (χ0n) is 28.2. The number of hydrogen-bond acceptors (Lipinski definition) is 1. The van der Waals surface area contributed by atoms with Crippen molar-refractivity contribution in [2.75, 3.05) is 4.90 Å². The standard InChI is InChI=1S/C48H36N2/c1-33-30-34(2)47-42(31-33)48-41-23-13-15-25-44(41)50(43-24-14-12-22-40(43)37-18-8-4-9-19-37)46(48)32-45(47)49(38-20-10-5-11-21-38)39-28-26-36(27-29-39)35-16-6-3-7-17-35/h3-32H,1-2H3. The second-order valence-electron chi connectivity index (χ2n) is 13.1. The van der Waals surface area contributed by atoms with Crippen molar-refractivity contribution < 1.29 is 0 Å². The third kappa shape index (κ3) is 4.96. The van der Waals surface area contributed by atoms with E-state index in [4.69, 9.17) is 0 Å². The Hall–Kier alpha value is -6.38. The van der Waals surface area contributed by atoms with Crippen molar-refractivity contribution in [3.63, 3.8) is 0 Å². The number of nitrogens with zero attached hydrogens (tertiary/aromatic N) is 2. The predicted molar refractivity (Wildman–Crippen MR) is 213 cm³/mol. The summed E-state index contributed by atoms with van der Waals surface area (Å²) in [5.74, 6) is 0. The molecule has 2 heteroatoms. The first kappa shape index (κ1) is 29.7. The molecule has 1 aromatic heterocycles. The molecule has 8 aromatic carbocycles. The largest absolute Gasteiger partial charge is 0.310 e. The van der Waals surface area contributed by atoms with Gasteiger partial charge in [0, 0.05) is 33.1 Å². The molecular weight excluding hydrogens is 605 g/mol. The van der Waals surface area contributed by atoms with Crippen LogP contribution in [0.3, 0.4) is 0 Å². The summed E-state index contributed by atoms with van der Waals surface area (Å²) in [5.41, 5.74) is 14.3. The molecule has 0 aliphatic carbocycles. The van der Waals surface area contributed by atoms with Crippen LogP contribution in [0.5, 0.6) is 0 Å². The van der Waals surface area contributed by atoms with Crippen LogP contribution in [0.2, 0.25) is 0 Å². The first-order chi connectivity index (χ1) is 24.7. The number of benzene rings is 8. The fraction of sp³-hybridized carbons (Fsp3) is 0.0417. The maximum atomic E-state index is 2.48. The highest BCUT2D eigenvalue weighted by Crippen LogP contribution is 2.47. The number of rotatable bonds is 6. The molecule has 0 saturated carbocycles. The lowest BCUT2D eigenvalue weighted by Crippen LogP contribution is -2.11. The van der Waals surface area contributed by atoms with Gasteiger partial charge in [0.15, 0.2) is 0 Å². The van der Waals surface area contributed by atoms with Gasteiger partial charge in [-0.1, -0.05) is 145 Å². The van der Waals surface area contributed by atoms with Gasteiger partial charge in [0.25, 0.3) is 0 Å². The molecule has 0 N–H and O–H groups in total. The number of aryl methyl sites for hydroxylation is 2. The smallest absolute Gasteiger partial charge is 0.0568 e. The Morgan fingerprint density at radius 2 is 1.00 bits per heavy atom. The van der Waals surface area contributed by atoms with Crippen LogP contribution in [-0.2, 0) is 0 Å². The molecule has 50 heavy (non-hydrogen) atoms. The highest BCUT2D eigenvalue weighted by atomic mass is 15.1. The Kier molecular flexibility index (Phi) is 7.29. The van der Waals surface area contributed by atoms with Crippen LogP contribution < -0.4 is 4.90 Å². The third-order valence-electron chi connectivity index (χ3n) is 9.91. The molecule has 238 valence electrons. The Labute approximate surface area is 293 Å². The molecular formula is C48H36N2. The lowest BCUT2D eigenvalue weighted by atomic mass is 9.95. The summed E-state index contributed by atoms with van der Waals surface area (Å²) in [7, 11) is 0. The Bertz CT molecular complexity index is 2640. The molecule has 0 fully saturated rings. The Morgan fingerprint density at radius 1 is 0.420 bits per heavy atom. The van der Waals surface area contributed by atoms with E-state index in [-0.39, 0.29) is 0 Å². The lowest BCUT2D eigenvalue weighted by Gasteiger charge is -2.28. The minimum Gasteiger partial charge on any atom is -0.310 e. The number of aromatic nitrogens is 1. The van der Waals surface area contributed by atoms with Gasteiger partial charge < -0.3 is 9.47 Å². The van der Waals surface area contributed by atoms with Crippen LogP contribution in [0, 0.1) is 13.8 Å². The van der Waals surface area contributed by atoms with E-state index in [1.807, 2.05) is 0 Å². The Morgan fingerprint density at radius 3 is 1.74 bits per heavy atom. The minimum absolute atomic E-state index is 1.11. The van der Waals surface area contributed by atoms with Crippen molar-refractivity contribution in [1.82, 2.24) is 4.57 Å². The van der Waals surface area contributed by atoms with E-state index in [0.29, 0.717) is 0 Å². The van der Waals surface area contributed by atoms with Gasteiger partial charge in [0.2, 0.25) is 0 Å². The molecule has 0 amide bonds. The van der Waals surface area contributed by atoms with Crippen LogP contribution in [0.15, 0.2) is 182 Å². The van der Waals surface area contributed by atoms with E-state index < -0.39 is 0 Å². The number of fused-ring (bicyclic) bond motifs is 5. The topological polar surface area (TPSA) is 8.17 Å². The molecule has 9 rings (SSSR count). The van der Waals surface area contributed by atoms with Gasteiger partial charge in [-0.3, -0.25) is 0 Å². The van der Waals surface area contributed by atoms with Gasteiger partial charge in [-0.15, -0.1) is 0 Å². The second kappa shape index (κ2) is 12.3. The lowest BCUT2D eigenvalue weighted by molar-refractivity contribution is 1.18. The molecule has 0 unspecified atom stereocenters. The molecule has 1 heterocycles. The molecule has 0 radical (unpaired) electrons. The van der Waals surface area contributed by atoms with E-state index >= 15 is 0 Å². The minimum atomic E-state index is 1.11. The fourth-order valence-corrected chi connectivity index (χ4v) is 7.79.